The van der Waals surface area contributed by atoms with Crippen LogP contribution in [-0.4, -0.2) is 47.9 Å². The van der Waals surface area contributed by atoms with Crippen molar-refractivity contribution in [2.24, 2.45) is 0 Å². The van der Waals surface area contributed by atoms with Crippen molar-refractivity contribution in [2.45, 2.75) is 26.3 Å². The lowest BCUT2D eigenvalue weighted by atomic mass is 10.2. The zero-order valence-corrected chi connectivity index (χ0v) is 15.7. The van der Waals surface area contributed by atoms with E-state index in [1.807, 2.05) is 23.2 Å². The maximum absolute atomic E-state index is 5.97. The fourth-order valence-corrected chi connectivity index (χ4v) is 4.07. The number of hydrazine groups is 1. The van der Waals surface area contributed by atoms with Crippen molar-refractivity contribution in [1.82, 2.24) is 10.4 Å². The summed E-state index contributed by atoms with van der Waals surface area (Å²) >= 11 is 0. The van der Waals surface area contributed by atoms with Crippen LogP contribution < -0.4 is 5.43 Å². The Morgan fingerprint density at radius 1 is 1.13 bits per heavy atom. The van der Waals surface area contributed by atoms with Gasteiger partial charge in [0.15, 0.2) is 0 Å². The van der Waals surface area contributed by atoms with E-state index in [9.17, 15) is 0 Å². The molecule has 0 aliphatic heterocycles. The molecule has 1 aromatic rings. The molecule has 0 spiro atoms. The van der Waals surface area contributed by atoms with Gasteiger partial charge >= 0.3 is 8.80 Å². The maximum Gasteiger partial charge on any atom is 0.501 e. The molecule has 0 radical (unpaired) electrons. The van der Waals surface area contributed by atoms with Gasteiger partial charge in [0.25, 0.3) is 0 Å². The first kappa shape index (κ1) is 20.0. The molecule has 1 aromatic carbocycles. The Kier molecular flexibility index (Phi) is 10.0. The summed E-state index contributed by atoms with van der Waals surface area (Å²) in [6, 6.07) is 11.1. The molecule has 0 fully saturated rings. The third-order valence-electron chi connectivity index (χ3n) is 3.54. The normalized spacial score (nSPS) is 12.4. The average molecular weight is 339 g/mol. The molecule has 0 bridgehead atoms. The second kappa shape index (κ2) is 11.5. The average Bonchev–Trinajstić information content (AvgIpc) is 2.61. The topological polar surface area (TPSA) is 43.0 Å². The third kappa shape index (κ3) is 7.39. The molecule has 23 heavy (non-hydrogen) atoms. The Balaban J connectivity index is 2.40. The van der Waals surface area contributed by atoms with Crippen LogP contribution in [0.25, 0.3) is 6.08 Å². The summed E-state index contributed by atoms with van der Waals surface area (Å²) in [5.74, 6) is 0. The summed E-state index contributed by atoms with van der Waals surface area (Å²) in [6.07, 6.45) is 5.18. The largest absolute Gasteiger partial charge is 0.501 e. The predicted molar refractivity (Wildman–Crippen MR) is 96.7 cm³/mol. The number of benzene rings is 1. The molecular formula is C17H30N2O3Si. The Labute approximate surface area is 141 Å². The van der Waals surface area contributed by atoms with Crippen LogP contribution in [0.3, 0.4) is 0 Å². The fraction of sp³-hybridized carbons (Fsp3) is 0.529. The van der Waals surface area contributed by atoms with E-state index in [4.69, 9.17) is 13.3 Å². The molecule has 6 heteroatoms. The third-order valence-corrected chi connectivity index (χ3v) is 6.47. The molecule has 0 saturated heterocycles. The van der Waals surface area contributed by atoms with Gasteiger partial charge in [0.2, 0.25) is 0 Å². The van der Waals surface area contributed by atoms with Crippen molar-refractivity contribution >= 4 is 14.9 Å². The number of nitrogens with one attached hydrogen (secondary N) is 1. The van der Waals surface area contributed by atoms with E-state index in [0.29, 0.717) is 6.73 Å². The van der Waals surface area contributed by atoms with Gasteiger partial charge in [-0.3, -0.25) is 0 Å². The lowest BCUT2D eigenvalue weighted by Gasteiger charge is -2.29. The molecule has 5 nitrogen and oxygen atoms in total. The Hall–Kier alpha value is -1.02. The first-order valence-corrected chi connectivity index (χ1v) is 10.1. The van der Waals surface area contributed by atoms with E-state index in [-0.39, 0.29) is 0 Å². The molecule has 0 saturated carbocycles. The van der Waals surface area contributed by atoms with Crippen LogP contribution in [-0.2, 0) is 13.3 Å². The van der Waals surface area contributed by atoms with Crippen LogP contribution in [0.15, 0.2) is 36.4 Å². The maximum atomic E-state index is 5.97. The van der Waals surface area contributed by atoms with Crippen LogP contribution in [0, 0.1) is 0 Å². The summed E-state index contributed by atoms with van der Waals surface area (Å²) < 4.78 is 17.0. The van der Waals surface area contributed by atoms with Crippen molar-refractivity contribution in [3.05, 3.63) is 42.0 Å². The van der Waals surface area contributed by atoms with Crippen molar-refractivity contribution in [1.29, 1.82) is 0 Å². The molecule has 0 atom stereocenters. The molecule has 0 aliphatic rings. The summed E-state index contributed by atoms with van der Waals surface area (Å²) in [5, 5.41) is 2.02. The highest BCUT2D eigenvalue weighted by Gasteiger charge is 2.38. The highest BCUT2D eigenvalue weighted by atomic mass is 28.4. The van der Waals surface area contributed by atoms with Crippen molar-refractivity contribution < 1.29 is 13.3 Å². The van der Waals surface area contributed by atoms with Gasteiger partial charge in [-0.05, 0) is 5.56 Å². The first-order chi connectivity index (χ1) is 11.2. The Bertz CT molecular complexity index is 439. The second-order valence-corrected chi connectivity index (χ2v) is 8.12. The minimum Gasteiger partial charge on any atom is -0.377 e. The van der Waals surface area contributed by atoms with Crippen LogP contribution in [0.4, 0.5) is 0 Å². The number of hydrogen-bond acceptors (Lipinski definition) is 5. The SMILES string of the molecule is CCC[Si](OC)(OC)OCN(CC)NCC=Cc1ccccc1. The van der Waals surface area contributed by atoms with E-state index < -0.39 is 8.80 Å². The zero-order chi connectivity index (χ0) is 17.0. The van der Waals surface area contributed by atoms with Crippen LogP contribution in [0.5, 0.6) is 0 Å². The van der Waals surface area contributed by atoms with Gasteiger partial charge in [-0.1, -0.05) is 62.8 Å². The van der Waals surface area contributed by atoms with Crippen molar-refractivity contribution in [3.63, 3.8) is 0 Å². The standard InChI is InChI=1S/C17H30N2O3Si/c1-5-15-23(20-3,21-4)22-16-19(6-2)18-14-10-13-17-11-8-7-9-12-17/h7-13,18H,5-6,14-16H2,1-4H3. The van der Waals surface area contributed by atoms with Gasteiger partial charge in [0.1, 0.15) is 6.73 Å². The second-order valence-electron chi connectivity index (χ2n) is 5.15. The first-order valence-electron chi connectivity index (χ1n) is 8.14. The Morgan fingerprint density at radius 2 is 1.83 bits per heavy atom. The fourth-order valence-electron chi connectivity index (χ4n) is 2.15. The molecule has 1 N–H and O–H groups in total. The molecule has 1 rings (SSSR count). The van der Waals surface area contributed by atoms with E-state index in [1.54, 1.807) is 14.2 Å². The summed E-state index contributed by atoms with van der Waals surface area (Å²) in [5.41, 5.74) is 4.53. The van der Waals surface area contributed by atoms with Gasteiger partial charge in [0.05, 0.1) is 0 Å². The van der Waals surface area contributed by atoms with Gasteiger partial charge in [0, 0.05) is 33.4 Å². The molecule has 0 heterocycles. The van der Waals surface area contributed by atoms with Crippen LogP contribution in [0.1, 0.15) is 25.8 Å². The minimum absolute atomic E-state index is 0.448. The van der Waals surface area contributed by atoms with Gasteiger partial charge in [-0.25, -0.2) is 10.4 Å². The summed E-state index contributed by atoms with van der Waals surface area (Å²) in [7, 11) is 0.806. The highest BCUT2D eigenvalue weighted by molar-refractivity contribution is 6.60. The highest BCUT2D eigenvalue weighted by Crippen LogP contribution is 2.15. The smallest absolute Gasteiger partial charge is 0.377 e. The summed E-state index contributed by atoms with van der Waals surface area (Å²) in [6.45, 7) is 6.22. The number of hydrogen-bond donors (Lipinski definition) is 1. The van der Waals surface area contributed by atoms with Crippen LogP contribution in [0.2, 0.25) is 6.04 Å². The zero-order valence-electron chi connectivity index (χ0n) is 14.7. The Morgan fingerprint density at radius 3 is 2.39 bits per heavy atom. The van der Waals surface area contributed by atoms with Gasteiger partial charge in [-0.15, -0.1) is 0 Å². The van der Waals surface area contributed by atoms with E-state index in [0.717, 1.165) is 25.6 Å². The summed E-state index contributed by atoms with van der Waals surface area (Å²) in [4.78, 5) is 0. The van der Waals surface area contributed by atoms with E-state index in [2.05, 4.69) is 43.6 Å². The van der Waals surface area contributed by atoms with E-state index >= 15 is 0 Å². The van der Waals surface area contributed by atoms with Gasteiger partial charge < -0.3 is 13.3 Å². The predicted octanol–water partition coefficient (Wildman–Crippen LogP) is 3.14. The quantitative estimate of drug-likeness (QED) is 0.360. The lowest BCUT2D eigenvalue weighted by Crippen LogP contribution is -2.49. The van der Waals surface area contributed by atoms with Gasteiger partial charge in [-0.2, -0.15) is 0 Å². The monoisotopic (exact) mass is 338 g/mol. The molecule has 0 aromatic heterocycles. The molecule has 0 amide bonds. The lowest BCUT2D eigenvalue weighted by molar-refractivity contribution is 0.0177. The van der Waals surface area contributed by atoms with Crippen molar-refractivity contribution in [2.75, 3.05) is 34.0 Å². The number of nitrogens with zero attached hydrogens (tertiary/aromatic N) is 1. The molecule has 130 valence electrons. The minimum atomic E-state index is -2.52. The molecule has 0 unspecified atom stereocenters. The molecule has 0 aliphatic carbocycles. The van der Waals surface area contributed by atoms with Crippen LogP contribution >= 0.6 is 0 Å². The molecular weight excluding hydrogens is 308 g/mol. The number of rotatable bonds is 12. The van der Waals surface area contributed by atoms with Crippen molar-refractivity contribution in [3.8, 4) is 0 Å². The van der Waals surface area contributed by atoms with E-state index in [1.165, 1.54) is 5.56 Å².